The zero-order valence-electron chi connectivity index (χ0n) is 9.87. The van der Waals surface area contributed by atoms with Crippen molar-refractivity contribution in [1.29, 1.82) is 0 Å². The first-order chi connectivity index (χ1) is 8.15. The zero-order chi connectivity index (χ0) is 12.4. The van der Waals surface area contributed by atoms with Gasteiger partial charge in [-0.05, 0) is 24.6 Å². The van der Waals surface area contributed by atoms with Crippen LogP contribution in [-0.2, 0) is 0 Å². The Hall–Kier alpha value is -1.26. The Morgan fingerprint density at radius 1 is 1.41 bits per heavy atom. The highest BCUT2D eigenvalue weighted by Gasteiger charge is 2.12. The van der Waals surface area contributed by atoms with Gasteiger partial charge in [-0.15, -0.1) is 11.3 Å². The molecule has 2 aromatic rings. The highest BCUT2D eigenvalue weighted by molar-refractivity contribution is 7.14. The third-order valence-electron chi connectivity index (χ3n) is 2.47. The van der Waals surface area contributed by atoms with E-state index >= 15 is 0 Å². The normalized spacial score (nSPS) is 10.4. The number of aryl methyl sites for hydroxylation is 1. The quantitative estimate of drug-likeness (QED) is 0.919. The summed E-state index contributed by atoms with van der Waals surface area (Å²) in [5, 5.41) is 6.59. The van der Waals surface area contributed by atoms with Crippen LogP contribution in [0.2, 0.25) is 5.02 Å². The van der Waals surface area contributed by atoms with Crippen molar-refractivity contribution in [2.75, 3.05) is 19.5 Å². The molecule has 1 aromatic carbocycles. The lowest BCUT2D eigenvalue weighted by atomic mass is 10.1. The molecule has 0 saturated carbocycles. The van der Waals surface area contributed by atoms with E-state index in [0.29, 0.717) is 0 Å². The molecule has 0 aliphatic rings. The van der Waals surface area contributed by atoms with Crippen LogP contribution in [0.15, 0.2) is 17.5 Å². The summed E-state index contributed by atoms with van der Waals surface area (Å²) in [7, 11) is 3.50. The number of methoxy groups -OCH3 is 1. The van der Waals surface area contributed by atoms with Crippen molar-refractivity contribution in [3.8, 4) is 17.0 Å². The largest absolute Gasteiger partial charge is 0.496 e. The Morgan fingerprint density at radius 2 is 2.18 bits per heavy atom. The zero-order valence-corrected chi connectivity index (χ0v) is 11.4. The van der Waals surface area contributed by atoms with Crippen molar-refractivity contribution in [1.82, 2.24) is 4.98 Å². The van der Waals surface area contributed by atoms with Gasteiger partial charge >= 0.3 is 0 Å². The van der Waals surface area contributed by atoms with Crippen molar-refractivity contribution in [3.05, 3.63) is 28.1 Å². The van der Waals surface area contributed by atoms with Gasteiger partial charge in [-0.3, -0.25) is 0 Å². The summed E-state index contributed by atoms with van der Waals surface area (Å²) in [5.74, 6) is 0.792. The van der Waals surface area contributed by atoms with E-state index in [9.17, 15) is 0 Å². The molecule has 5 heteroatoms. The average Bonchev–Trinajstić information content (AvgIpc) is 2.80. The predicted octanol–water partition coefficient (Wildman–Crippen LogP) is 3.82. The summed E-state index contributed by atoms with van der Waals surface area (Å²) >= 11 is 7.69. The van der Waals surface area contributed by atoms with Gasteiger partial charge in [0.15, 0.2) is 5.13 Å². The third-order valence-corrected chi connectivity index (χ3v) is 3.74. The third kappa shape index (κ3) is 2.37. The van der Waals surface area contributed by atoms with Crippen LogP contribution in [-0.4, -0.2) is 19.1 Å². The lowest BCUT2D eigenvalue weighted by molar-refractivity contribution is 0.416. The summed E-state index contributed by atoms with van der Waals surface area (Å²) in [6.07, 6.45) is 0. The number of ether oxygens (including phenoxy) is 1. The minimum atomic E-state index is 0.722. The van der Waals surface area contributed by atoms with E-state index in [-0.39, 0.29) is 0 Å². The van der Waals surface area contributed by atoms with E-state index < -0.39 is 0 Å². The van der Waals surface area contributed by atoms with E-state index in [4.69, 9.17) is 16.3 Å². The number of halogens is 1. The van der Waals surface area contributed by atoms with Crippen LogP contribution in [0.25, 0.3) is 11.3 Å². The number of nitrogens with one attached hydrogen (secondary N) is 1. The molecule has 0 radical (unpaired) electrons. The number of rotatable bonds is 3. The molecule has 0 bridgehead atoms. The highest BCUT2D eigenvalue weighted by atomic mass is 35.5. The first-order valence-electron chi connectivity index (χ1n) is 5.13. The molecule has 2 rings (SSSR count). The number of hydrogen-bond donors (Lipinski definition) is 1. The number of nitrogens with zero attached hydrogens (tertiary/aromatic N) is 1. The van der Waals surface area contributed by atoms with Gasteiger partial charge < -0.3 is 10.1 Å². The second-order valence-electron chi connectivity index (χ2n) is 3.59. The van der Waals surface area contributed by atoms with Crippen LogP contribution >= 0.6 is 22.9 Å². The first-order valence-corrected chi connectivity index (χ1v) is 6.39. The number of anilines is 1. The van der Waals surface area contributed by atoms with Gasteiger partial charge in [-0.25, -0.2) is 4.98 Å². The molecule has 90 valence electrons. The lowest BCUT2D eigenvalue weighted by Gasteiger charge is -2.08. The van der Waals surface area contributed by atoms with Gasteiger partial charge in [0, 0.05) is 23.0 Å². The van der Waals surface area contributed by atoms with Crippen molar-refractivity contribution >= 4 is 28.1 Å². The minimum Gasteiger partial charge on any atom is -0.496 e. The van der Waals surface area contributed by atoms with Crippen LogP contribution in [0.3, 0.4) is 0 Å². The molecule has 1 N–H and O–H groups in total. The van der Waals surface area contributed by atoms with Crippen molar-refractivity contribution < 1.29 is 4.74 Å². The van der Waals surface area contributed by atoms with Gasteiger partial charge in [0.2, 0.25) is 0 Å². The molecule has 1 heterocycles. The summed E-state index contributed by atoms with van der Waals surface area (Å²) in [4.78, 5) is 4.45. The fraction of sp³-hybridized carbons (Fsp3) is 0.250. The molecule has 1 aromatic heterocycles. The van der Waals surface area contributed by atoms with Gasteiger partial charge in [0.1, 0.15) is 5.75 Å². The fourth-order valence-corrected chi connectivity index (χ4v) is 2.37. The smallest absolute Gasteiger partial charge is 0.182 e. The fourth-order valence-electron chi connectivity index (χ4n) is 1.54. The molecular formula is C12H13ClN2OS. The second kappa shape index (κ2) is 4.94. The minimum absolute atomic E-state index is 0.722. The molecule has 17 heavy (non-hydrogen) atoms. The van der Waals surface area contributed by atoms with E-state index in [1.165, 1.54) is 0 Å². The molecule has 0 fully saturated rings. The van der Waals surface area contributed by atoms with Gasteiger partial charge in [-0.1, -0.05) is 11.6 Å². The Bertz CT molecular complexity index is 539. The molecule has 0 aliphatic heterocycles. The Labute approximate surface area is 109 Å². The molecule has 3 nitrogen and oxygen atoms in total. The van der Waals surface area contributed by atoms with E-state index in [1.807, 2.05) is 31.5 Å². The topological polar surface area (TPSA) is 34.2 Å². The van der Waals surface area contributed by atoms with Crippen LogP contribution < -0.4 is 10.1 Å². The number of thiazole rings is 1. The van der Waals surface area contributed by atoms with Gasteiger partial charge in [-0.2, -0.15) is 0 Å². The molecule has 0 amide bonds. The maximum atomic E-state index is 6.14. The summed E-state index contributed by atoms with van der Waals surface area (Å²) < 4.78 is 5.36. The van der Waals surface area contributed by atoms with Crippen molar-refractivity contribution in [3.63, 3.8) is 0 Å². The standard InChI is InChI=1S/C12H13ClN2OS/c1-7-4-11(16-3)8(5-9(7)13)10-6-17-12(14-2)15-10/h4-6H,1-3H3,(H,14,15). The Kier molecular flexibility index (Phi) is 3.54. The molecule has 0 saturated heterocycles. The Balaban J connectivity index is 2.53. The van der Waals surface area contributed by atoms with Gasteiger partial charge in [0.05, 0.1) is 12.8 Å². The van der Waals surface area contributed by atoms with Crippen LogP contribution in [0.4, 0.5) is 5.13 Å². The molecule has 0 spiro atoms. The molecule has 0 atom stereocenters. The molecule has 0 unspecified atom stereocenters. The van der Waals surface area contributed by atoms with Crippen molar-refractivity contribution in [2.24, 2.45) is 0 Å². The second-order valence-corrected chi connectivity index (χ2v) is 4.85. The van der Waals surface area contributed by atoms with E-state index in [2.05, 4.69) is 10.3 Å². The van der Waals surface area contributed by atoms with Gasteiger partial charge in [0.25, 0.3) is 0 Å². The summed E-state index contributed by atoms with van der Waals surface area (Å²) in [5.41, 5.74) is 2.79. The average molecular weight is 269 g/mol. The van der Waals surface area contributed by atoms with Crippen molar-refractivity contribution in [2.45, 2.75) is 6.92 Å². The Morgan fingerprint density at radius 3 is 2.76 bits per heavy atom. The van der Waals surface area contributed by atoms with Crippen LogP contribution in [0.5, 0.6) is 5.75 Å². The maximum Gasteiger partial charge on any atom is 0.182 e. The molecular weight excluding hydrogens is 256 g/mol. The summed E-state index contributed by atoms with van der Waals surface area (Å²) in [6.45, 7) is 1.95. The lowest BCUT2D eigenvalue weighted by Crippen LogP contribution is -1.91. The maximum absolute atomic E-state index is 6.14. The monoisotopic (exact) mass is 268 g/mol. The number of aromatic nitrogens is 1. The highest BCUT2D eigenvalue weighted by Crippen LogP contribution is 2.35. The SMILES string of the molecule is CNc1nc(-c2cc(Cl)c(C)cc2OC)cs1. The first kappa shape index (κ1) is 12.2. The number of benzene rings is 1. The van der Waals surface area contributed by atoms with E-state index in [1.54, 1.807) is 18.4 Å². The number of hydrogen-bond acceptors (Lipinski definition) is 4. The van der Waals surface area contributed by atoms with Crippen LogP contribution in [0.1, 0.15) is 5.56 Å². The molecule has 0 aliphatic carbocycles. The summed E-state index contributed by atoms with van der Waals surface area (Å²) in [6, 6.07) is 3.82. The predicted molar refractivity (Wildman–Crippen MR) is 73.4 cm³/mol. The van der Waals surface area contributed by atoms with Crippen LogP contribution in [0, 0.1) is 6.92 Å². The van der Waals surface area contributed by atoms with E-state index in [0.717, 1.165) is 32.7 Å².